The smallest absolute Gasteiger partial charge is 0.224 e. The summed E-state index contributed by atoms with van der Waals surface area (Å²) < 4.78 is 0.931. The van der Waals surface area contributed by atoms with Crippen LogP contribution in [0.25, 0.3) is 0 Å². The molecule has 5 heteroatoms. The topological polar surface area (TPSA) is 49.8 Å². The Kier molecular flexibility index (Phi) is 5.89. The van der Waals surface area contributed by atoms with Gasteiger partial charge in [0.2, 0.25) is 5.95 Å². The molecule has 0 saturated heterocycles. The van der Waals surface area contributed by atoms with Crippen molar-refractivity contribution in [3.05, 3.63) is 10.7 Å². The Morgan fingerprint density at radius 3 is 2.79 bits per heavy atom. The first-order valence-corrected chi connectivity index (χ1v) is 8.09. The van der Waals surface area contributed by atoms with Gasteiger partial charge in [-0.25, -0.2) is 4.98 Å². The molecule has 1 aliphatic rings. The maximum Gasteiger partial charge on any atom is 0.224 e. The third-order valence-corrected chi connectivity index (χ3v) is 4.18. The zero-order chi connectivity index (χ0) is 13.5. The van der Waals surface area contributed by atoms with Crippen LogP contribution in [0.2, 0.25) is 0 Å². The molecule has 2 N–H and O–H groups in total. The molecule has 19 heavy (non-hydrogen) atoms. The van der Waals surface area contributed by atoms with Crippen molar-refractivity contribution in [2.24, 2.45) is 5.92 Å². The molecule has 0 bridgehead atoms. The van der Waals surface area contributed by atoms with Crippen LogP contribution in [0.4, 0.5) is 11.8 Å². The minimum atomic E-state index is 0.702. The minimum Gasteiger partial charge on any atom is -0.369 e. The van der Waals surface area contributed by atoms with E-state index in [2.05, 4.69) is 43.5 Å². The monoisotopic (exact) mass is 326 g/mol. The largest absolute Gasteiger partial charge is 0.369 e. The SMILES string of the molecule is CCCNc1ncc(Br)c(NCCC2CCCC2)n1. The summed E-state index contributed by atoms with van der Waals surface area (Å²) >= 11 is 3.50. The highest BCUT2D eigenvalue weighted by atomic mass is 79.9. The fraction of sp³-hybridized carbons (Fsp3) is 0.714. The molecule has 0 atom stereocenters. The van der Waals surface area contributed by atoms with Gasteiger partial charge in [-0.2, -0.15) is 4.98 Å². The minimum absolute atomic E-state index is 0.702. The lowest BCUT2D eigenvalue weighted by atomic mass is 10.0. The Morgan fingerprint density at radius 1 is 1.26 bits per heavy atom. The molecule has 4 nitrogen and oxygen atoms in total. The Hall–Kier alpha value is -0.840. The molecular weight excluding hydrogens is 304 g/mol. The predicted octanol–water partition coefficient (Wildman–Crippen LogP) is 4.05. The van der Waals surface area contributed by atoms with Crippen molar-refractivity contribution in [3.8, 4) is 0 Å². The van der Waals surface area contributed by atoms with E-state index in [9.17, 15) is 0 Å². The van der Waals surface area contributed by atoms with E-state index >= 15 is 0 Å². The number of aromatic nitrogens is 2. The number of rotatable bonds is 7. The lowest BCUT2D eigenvalue weighted by molar-refractivity contribution is 0.518. The molecule has 1 saturated carbocycles. The van der Waals surface area contributed by atoms with Crippen molar-refractivity contribution >= 4 is 27.7 Å². The normalized spacial score (nSPS) is 15.7. The van der Waals surface area contributed by atoms with Crippen molar-refractivity contribution in [1.82, 2.24) is 9.97 Å². The van der Waals surface area contributed by atoms with E-state index < -0.39 is 0 Å². The second-order valence-electron chi connectivity index (χ2n) is 5.18. The predicted molar refractivity (Wildman–Crippen MR) is 83.6 cm³/mol. The van der Waals surface area contributed by atoms with Crippen molar-refractivity contribution in [1.29, 1.82) is 0 Å². The van der Waals surface area contributed by atoms with E-state index in [0.29, 0.717) is 5.95 Å². The number of hydrogen-bond donors (Lipinski definition) is 2. The number of nitrogens with one attached hydrogen (secondary N) is 2. The molecule has 0 aromatic carbocycles. The second kappa shape index (κ2) is 7.68. The van der Waals surface area contributed by atoms with Crippen molar-refractivity contribution in [2.45, 2.75) is 45.4 Å². The average molecular weight is 327 g/mol. The summed E-state index contributed by atoms with van der Waals surface area (Å²) in [5.74, 6) is 2.51. The highest BCUT2D eigenvalue weighted by Gasteiger charge is 2.14. The maximum atomic E-state index is 4.49. The van der Waals surface area contributed by atoms with Gasteiger partial charge < -0.3 is 10.6 Å². The zero-order valence-electron chi connectivity index (χ0n) is 11.6. The number of nitrogens with zero attached hydrogens (tertiary/aromatic N) is 2. The summed E-state index contributed by atoms with van der Waals surface area (Å²) in [6.07, 6.45) is 9.74. The first-order valence-electron chi connectivity index (χ1n) is 7.30. The van der Waals surface area contributed by atoms with Gasteiger partial charge in [0.1, 0.15) is 5.82 Å². The molecule has 0 radical (unpaired) electrons. The maximum absolute atomic E-state index is 4.49. The van der Waals surface area contributed by atoms with E-state index in [1.165, 1.54) is 32.1 Å². The van der Waals surface area contributed by atoms with Crippen LogP contribution in [0.1, 0.15) is 45.4 Å². The summed E-state index contributed by atoms with van der Waals surface area (Å²) in [5.41, 5.74) is 0. The third-order valence-electron chi connectivity index (χ3n) is 3.60. The molecule has 2 rings (SSSR count). The highest BCUT2D eigenvalue weighted by molar-refractivity contribution is 9.10. The van der Waals surface area contributed by atoms with Gasteiger partial charge in [-0.1, -0.05) is 32.6 Å². The van der Waals surface area contributed by atoms with Crippen molar-refractivity contribution in [3.63, 3.8) is 0 Å². The van der Waals surface area contributed by atoms with Gasteiger partial charge in [0.15, 0.2) is 0 Å². The molecule has 1 aromatic heterocycles. The Morgan fingerprint density at radius 2 is 2.05 bits per heavy atom. The van der Waals surface area contributed by atoms with Crippen molar-refractivity contribution in [2.75, 3.05) is 23.7 Å². The highest BCUT2D eigenvalue weighted by Crippen LogP contribution is 2.27. The summed E-state index contributed by atoms with van der Waals surface area (Å²) in [6, 6.07) is 0. The first kappa shape index (κ1) is 14.6. The first-order chi connectivity index (χ1) is 9.29. The van der Waals surface area contributed by atoms with Gasteiger partial charge in [-0.15, -0.1) is 0 Å². The van der Waals surface area contributed by atoms with Gasteiger partial charge >= 0.3 is 0 Å². The van der Waals surface area contributed by atoms with Gasteiger partial charge in [-0.3, -0.25) is 0 Å². The molecule has 0 amide bonds. The second-order valence-corrected chi connectivity index (χ2v) is 6.04. The van der Waals surface area contributed by atoms with E-state index in [1.54, 1.807) is 0 Å². The summed E-state index contributed by atoms with van der Waals surface area (Å²) in [7, 11) is 0. The molecule has 1 aromatic rings. The molecule has 106 valence electrons. The lowest BCUT2D eigenvalue weighted by Crippen LogP contribution is -2.10. The zero-order valence-corrected chi connectivity index (χ0v) is 13.2. The summed E-state index contributed by atoms with van der Waals surface area (Å²) in [5, 5.41) is 6.63. The molecule has 1 heterocycles. The fourth-order valence-corrected chi connectivity index (χ4v) is 2.84. The van der Waals surface area contributed by atoms with Gasteiger partial charge in [0, 0.05) is 19.3 Å². The van der Waals surface area contributed by atoms with Crippen LogP contribution in [-0.2, 0) is 0 Å². The summed E-state index contributed by atoms with van der Waals surface area (Å²) in [6.45, 7) is 4.03. The van der Waals surface area contributed by atoms with E-state index in [0.717, 1.165) is 35.7 Å². The number of hydrogen-bond acceptors (Lipinski definition) is 4. The van der Waals surface area contributed by atoms with Crippen molar-refractivity contribution < 1.29 is 0 Å². The van der Waals surface area contributed by atoms with Crippen LogP contribution < -0.4 is 10.6 Å². The molecule has 1 fully saturated rings. The Balaban J connectivity index is 1.83. The van der Waals surface area contributed by atoms with Crippen LogP contribution in [0, 0.1) is 5.92 Å². The standard InChI is InChI=1S/C14H23BrN4/c1-2-8-17-14-18-10-12(15)13(19-14)16-9-7-11-5-3-4-6-11/h10-11H,2-9H2,1H3,(H2,16,17,18,19). The molecule has 1 aliphatic carbocycles. The molecule has 0 aliphatic heterocycles. The van der Waals surface area contributed by atoms with Crippen LogP contribution >= 0.6 is 15.9 Å². The van der Waals surface area contributed by atoms with Crippen LogP contribution in [-0.4, -0.2) is 23.1 Å². The van der Waals surface area contributed by atoms with Gasteiger partial charge in [0.25, 0.3) is 0 Å². The van der Waals surface area contributed by atoms with E-state index in [-0.39, 0.29) is 0 Å². The lowest BCUT2D eigenvalue weighted by Gasteiger charge is -2.12. The van der Waals surface area contributed by atoms with E-state index in [4.69, 9.17) is 0 Å². The Labute approximate surface area is 123 Å². The number of anilines is 2. The van der Waals surface area contributed by atoms with E-state index in [1.807, 2.05) is 6.20 Å². The molecule has 0 unspecified atom stereocenters. The third kappa shape index (κ3) is 4.64. The molecular formula is C14H23BrN4. The summed E-state index contributed by atoms with van der Waals surface area (Å²) in [4.78, 5) is 8.75. The molecule has 0 spiro atoms. The van der Waals surface area contributed by atoms with Gasteiger partial charge in [-0.05, 0) is 34.7 Å². The average Bonchev–Trinajstić information content (AvgIpc) is 2.92. The van der Waals surface area contributed by atoms with Crippen LogP contribution in [0.5, 0.6) is 0 Å². The van der Waals surface area contributed by atoms with Gasteiger partial charge in [0.05, 0.1) is 4.47 Å². The number of halogens is 1. The quantitative estimate of drug-likeness (QED) is 0.793. The van der Waals surface area contributed by atoms with Crippen LogP contribution in [0.15, 0.2) is 10.7 Å². The fourth-order valence-electron chi connectivity index (χ4n) is 2.51. The van der Waals surface area contributed by atoms with Crippen LogP contribution in [0.3, 0.4) is 0 Å². The Bertz CT molecular complexity index is 391.